The third-order valence-corrected chi connectivity index (χ3v) is 7.18. The lowest BCUT2D eigenvalue weighted by atomic mass is 9.99. The molecule has 5 rings (SSSR count). The number of rotatable bonds is 6. The van der Waals surface area contributed by atoms with Gasteiger partial charge in [-0.2, -0.15) is 0 Å². The highest BCUT2D eigenvalue weighted by Gasteiger charge is 2.46. The van der Waals surface area contributed by atoms with Gasteiger partial charge in [0.15, 0.2) is 5.76 Å². The molecule has 2 aromatic carbocycles. The molecule has 10 atom stereocenters. The highest BCUT2D eigenvalue weighted by molar-refractivity contribution is 5.88. The minimum atomic E-state index is -1.87. The number of hydrogen-bond acceptors (Lipinski definition) is 15. The van der Waals surface area contributed by atoms with Gasteiger partial charge >= 0.3 is 0 Å². The van der Waals surface area contributed by atoms with Crippen molar-refractivity contribution in [3.8, 4) is 34.3 Å². The van der Waals surface area contributed by atoms with Gasteiger partial charge in [-0.3, -0.25) is 4.79 Å². The van der Waals surface area contributed by atoms with Crippen LogP contribution in [0.15, 0.2) is 45.6 Å². The molecule has 15 nitrogen and oxygen atoms in total. The van der Waals surface area contributed by atoms with Crippen LogP contribution in [0.5, 0.6) is 23.0 Å². The second-order valence-corrected chi connectivity index (χ2v) is 10.1. The molecule has 0 bridgehead atoms. The molecule has 3 heterocycles. The van der Waals surface area contributed by atoms with E-state index in [4.69, 9.17) is 23.4 Å². The van der Waals surface area contributed by atoms with E-state index in [1.807, 2.05) is 0 Å². The lowest BCUT2D eigenvalue weighted by Gasteiger charge is -2.39. The molecule has 9 N–H and O–H groups in total. The van der Waals surface area contributed by atoms with Gasteiger partial charge in [0.1, 0.15) is 70.9 Å². The molecule has 2 unspecified atom stereocenters. The number of aliphatic hydroxyl groups excluding tert-OH is 7. The fraction of sp³-hybridized carbons (Fsp3) is 0.444. The average Bonchev–Trinajstić information content (AvgIpc) is 2.96. The molecular weight excluding hydrogens is 564 g/mol. The first-order valence-electron chi connectivity index (χ1n) is 12.9. The Hall–Kier alpha value is -3.51. The minimum Gasteiger partial charge on any atom is -0.508 e. The van der Waals surface area contributed by atoms with Crippen molar-refractivity contribution >= 4 is 11.0 Å². The third-order valence-electron chi connectivity index (χ3n) is 7.18. The fourth-order valence-electron chi connectivity index (χ4n) is 4.76. The van der Waals surface area contributed by atoms with Crippen LogP contribution in [0, 0.1) is 0 Å². The summed E-state index contributed by atoms with van der Waals surface area (Å²) < 4.78 is 28.0. The molecule has 0 spiro atoms. The van der Waals surface area contributed by atoms with Crippen LogP contribution in [0.3, 0.4) is 0 Å². The summed E-state index contributed by atoms with van der Waals surface area (Å²) in [7, 11) is 0. The maximum absolute atomic E-state index is 13.7. The van der Waals surface area contributed by atoms with Gasteiger partial charge in [0.05, 0.1) is 12.7 Å². The maximum atomic E-state index is 13.7. The van der Waals surface area contributed by atoms with Crippen molar-refractivity contribution in [3.63, 3.8) is 0 Å². The SMILES string of the molecule is C[C@H]1OC(Oc2cc(O)c3c(=O)c(OC4O[C@H](CO)[C@H](O)[C@H](O)[C@H]4O)c(-c4ccc(O)cc4)oc3c2)[C@@H](O)[C@@H](O)[C@@H]1O. The number of ether oxygens (including phenoxy) is 4. The summed E-state index contributed by atoms with van der Waals surface area (Å²) in [4.78, 5) is 13.7. The van der Waals surface area contributed by atoms with Gasteiger partial charge in [-0.05, 0) is 31.2 Å². The Morgan fingerprint density at radius 3 is 2.05 bits per heavy atom. The van der Waals surface area contributed by atoms with Crippen molar-refractivity contribution in [3.05, 3.63) is 46.6 Å². The Morgan fingerprint density at radius 1 is 0.786 bits per heavy atom. The van der Waals surface area contributed by atoms with Crippen molar-refractivity contribution in [1.82, 2.24) is 0 Å². The number of phenols is 2. The van der Waals surface area contributed by atoms with E-state index in [0.717, 1.165) is 6.07 Å². The van der Waals surface area contributed by atoms with Crippen molar-refractivity contribution in [2.45, 2.75) is 68.3 Å². The van der Waals surface area contributed by atoms with E-state index >= 15 is 0 Å². The van der Waals surface area contributed by atoms with Crippen LogP contribution in [-0.2, 0) is 9.47 Å². The summed E-state index contributed by atoms with van der Waals surface area (Å²) >= 11 is 0. The zero-order chi connectivity index (χ0) is 30.5. The predicted molar refractivity (Wildman–Crippen MR) is 139 cm³/mol. The van der Waals surface area contributed by atoms with Crippen molar-refractivity contribution in [2.24, 2.45) is 0 Å². The lowest BCUT2D eigenvalue weighted by Crippen LogP contribution is -2.60. The van der Waals surface area contributed by atoms with E-state index in [-0.39, 0.29) is 28.4 Å². The number of hydrogen-bond donors (Lipinski definition) is 9. The zero-order valence-electron chi connectivity index (χ0n) is 21.9. The molecule has 3 aromatic rings. The number of benzene rings is 2. The molecule has 0 saturated carbocycles. The maximum Gasteiger partial charge on any atom is 0.239 e. The highest BCUT2D eigenvalue weighted by atomic mass is 16.7. The number of fused-ring (bicyclic) bond motifs is 1. The molecular formula is C27H30O15. The highest BCUT2D eigenvalue weighted by Crippen LogP contribution is 2.38. The van der Waals surface area contributed by atoms with E-state index in [9.17, 15) is 50.8 Å². The average molecular weight is 595 g/mol. The topological polar surface area (TPSA) is 249 Å². The van der Waals surface area contributed by atoms with E-state index in [2.05, 4.69) is 0 Å². The monoisotopic (exact) mass is 594 g/mol. The molecule has 2 saturated heterocycles. The summed E-state index contributed by atoms with van der Waals surface area (Å²) in [5.41, 5.74) is -1.01. The smallest absolute Gasteiger partial charge is 0.239 e. The molecule has 2 aliphatic heterocycles. The van der Waals surface area contributed by atoms with Crippen LogP contribution in [0.4, 0.5) is 0 Å². The van der Waals surface area contributed by atoms with Crippen LogP contribution in [0.1, 0.15) is 6.92 Å². The van der Waals surface area contributed by atoms with Gasteiger partial charge in [-0.15, -0.1) is 0 Å². The van der Waals surface area contributed by atoms with E-state index in [0.29, 0.717) is 0 Å². The molecule has 228 valence electrons. The van der Waals surface area contributed by atoms with Crippen LogP contribution in [0.25, 0.3) is 22.3 Å². The summed E-state index contributed by atoms with van der Waals surface area (Å²) in [5, 5.41) is 90.7. The standard InChI is InChI=1S/C27H30O15/c1-9-17(31)20(34)22(36)26(38-9)39-12-6-13(30)16-14(7-12)40-24(10-2-4-11(29)5-3-10)25(19(16)33)42-27-23(37)21(35)18(32)15(8-28)41-27/h2-7,9,15,17-18,20-23,26-32,34-37H,8H2,1H3/t9-,15-,17-,18+,20+,21+,22+,23-,26?,27?/m1/s1. The first kappa shape index (κ1) is 30.0. The van der Waals surface area contributed by atoms with Gasteiger partial charge in [0.25, 0.3) is 0 Å². The first-order chi connectivity index (χ1) is 19.9. The Kier molecular flexibility index (Phi) is 8.30. The first-order valence-corrected chi connectivity index (χ1v) is 12.9. The number of aromatic hydroxyl groups is 2. The summed E-state index contributed by atoms with van der Waals surface area (Å²) in [6.07, 6.45) is -15.5. The number of aliphatic hydroxyl groups is 7. The molecule has 42 heavy (non-hydrogen) atoms. The quantitative estimate of drug-likeness (QED) is 0.154. The summed E-state index contributed by atoms with van der Waals surface area (Å²) in [6, 6.07) is 7.53. The predicted octanol–water partition coefficient (Wildman–Crippen LogP) is -1.74. The zero-order valence-corrected chi connectivity index (χ0v) is 21.9. The Morgan fingerprint density at radius 2 is 1.40 bits per heavy atom. The Labute approximate surface area is 236 Å². The second-order valence-electron chi connectivity index (χ2n) is 10.1. The molecule has 1 aromatic heterocycles. The largest absolute Gasteiger partial charge is 0.508 e. The van der Waals surface area contributed by atoms with Gasteiger partial charge < -0.3 is 69.3 Å². The molecule has 15 heteroatoms. The fourth-order valence-corrected chi connectivity index (χ4v) is 4.76. The summed E-state index contributed by atoms with van der Waals surface area (Å²) in [5.74, 6) is -1.77. The molecule has 2 aliphatic rings. The van der Waals surface area contributed by atoms with Gasteiger partial charge in [0, 0.05) is 17.7 Å². The molecule has 0 amide bonds. The van der Waals surface area contributed by atoms with Crippen molar-refractivity contribution < 1.29 is 69.3 Å². The van der Waals surface area contributed by atoms with Crippen LogP contribution >= 0.6 is 0 Å². The van der Waals surface area contributed by atoms with Crippen LogP contribution < -0.4 is 14.9 Å². The Balaban J connectivity index is 1.58. The van der Waals surface area contributed by atoms with Gasteiger partial charge in [0.2, 0.25) is 23.8 Å². The molecule has 2 fully saturated rings. The van der Waals surface area contributed by atoms with Crippen LogP contribution in [-0.4, -0.2) is 114 Å². The van der Waals surface area contributed by atoms with E-state index in [1.165, 1.54) is 37.3 Å². The minimum absolute atomic E-state index is 0.112. The van der Waals surface area contributed by atoms with E-state index < -0.39 is 90.3 Å². The lowest BCUT2D eigenvalue weighted by molar-refractivity contribution is -0.277. The van der Waals surface area contributed by atoms with Crippen molar-refractivity contribution in [2.75, 3.05) is 6.61 Å². The van der Waals surface area contributed by atoms with Crippen molar-refractivity contribution in [1.29, 1.82) is 0 Å². The summed E-state index contributed by atoms with van der Waals surface area (Å²) in [6.45, 7) is 0.702. The van der Waals surface area contributed by atoms with Crippen LogP contribution in [0.2, 0.25) is 0 Å². The van der Waals surface area contributed by atoms with Gasteiger partial charge in [-0.25, -0.2) is 0 Å². The Bertz CT molecular complexity index is 1470. The second kappa shape index (κ2) is 11.6. The third kappa shape index (κ3) is 5.37. The van der Waals surface area contributed by atoms with Gasteiger partial charge in [-0.1, -0.05) is 0 Å². The molecule has 0 aliphatic carbocycles. The normalized spacial score (nSPS) is 33.4. The van der Waals surface area contributed by atoms with E-state index in [1.54, 1.807) is 0 Å². The number of phenolic OH excluding ortho intramolecular Hbond substituents is 2. The molecule has 0 radical (unpaired) electrons.